The minimum absolute atomic E-state index is 0.0167. The summed E-state index contributed by atoms with van der Waals surface area (Å²) in [5, 5.41) is 2.90. The third kappa shape index (κ3) is 4.28. The van der Waals surface area contributed by atoms with Crippen molar-refractivity contribution in [1.29, 1.82) is 0 Å². The molecule has 118 valence electrons. The summed E-state index contributed by atoms with van der Waals surface area (Å²) >= 11 is 0. The second-order valence-corrected chi connectivity index (χ2v) is 7.45. The van der Waals surface area contributed by atoms with E-state index in [2.05, 4.69) is 15.3 Å². The highest BCUT2D eigenvalue weighted by molar-refractivity contribution is 7.89. The molecule has 2 N–H and O–H groups in total. The van der Waals surface area contributed by atoms with Gasteiger partial charge in [0.15, 0.2) is 0 Å². The average Bonchev–Trinajstić information content (AvgIpc) is 3.00. The van der Waals surface area contributed by atoms with Crippen molar-refractivity contribution in [2.45, 2.75) is 26.2 Å². The molecule has 0 bridgehead atoms. The van der Waals surface area contributed by atoms with E-state index in [9.17, 15) is 13.2 Å². The molecule has 0 radical (unpaired) electrons. The first-order chi connectivity index (χ1) is 10.0. The van der Waals surface area contributed by atoms with Gasteiger partial charge in [-0.3, -0.25) is 4.79 Å². The number of hydrogen-bond donors (Lipinski definition) is 2. The van der Waals surface area contributed by atoms with Crippen LogP contribution in [0, 0.1) is 5.92 Å². The summed E-state index contributed by atoms with van der Waals surface area (Å²) in [5.41, 5.74) is 0.985. The number of amides is 1. The molecule has 1 aromatic heterocycles. The molecule has 0 aromatic carbocycles. The fourth-order valence-electron chi connectivity index (χ4n) is 2.46. The zero-order valence-corrected chi connectivity index (χ0v) is 13.0. The van der Waals surface area contributed by atoms with E-state index >= 15 is 0 Å². The van der Waals surface area contributed by atoms with Crippen LogP contribution in [0.3, 0.4) is 0 Å². The zero-order valence-electron chi connectivity index (χ0n) is 12.2. The van der Waals surface area contributed by atoms with Gasteiger partial charge in [0, 0.05) is 43.9 Å². The Labute approximate surface area is 125 Å². The Hall–Kier alpha value is -1.41. The molecule has 0 atom stereocenters. The Balaban J connectivity index is 1.73. The summed E-state index contributed by atoms with van der Waals surface area (Å²) in [5.74, 6) is 0.0479. The second-order valence-electron chi connectivity index (χ2n) is 5.19. The van der Waals surface area contributed by atoms with Crippen LogP contribution >= 0.6 is 0 Å². The summed E-state index contributed by atoms with van der Waals surface area (Å²) in [6.07, 6.45) is 5.25. The number of rotatable bonds is 6. The van der Waals surface area contributed by atoms with Crippen LogP contribution in [0.5, 0.6) is 0 Å². The molecule has 1 saturated heterocycles. The van der Waals surface area contributed by atoms with Crippen molar-refractivity contribution >= 4 is 15.9 Å². The SMILES string of the molecule is CCS(=O)(=O)N1CCC(C(=O)NCCc2cnc[nH]2)CC1. The van der Waals surface area contributed by atoms with Gasteiger partial charge in [-0.1, -0.05) is 0 Å². The Kier molecular flexibility index (Phi) is 5.35. The molecule has 1 amide bonds. The summed E-state index contributed by atoms with van der Waals surface area (Å²) in [7, 11) is -3.13. The number of carbonyl (C=O) groups is 1. The normalized spacial score (nSPS) is 17.8. The van der Waals surface area contributed by atoms with Crippen LogP contribution in [0.4, 0.5) is 0 Å². The lowest BCUT2D eigenvalue weighted by atomic mass is 9.97. The molecule has 2 heterocycles. The molecule has 0 aliphatic carbocycles. The van der Waals surface area contributed by atoms with Crippen LogP contribution in [0.2, 0.25) is 0 Å². The summed E-state index contributed by atoms with van der Waals surface area (Å²) in [4.78, 5) is 18.9. The van der Waals surface area contributed by atoms with Crippen molar-refractivity contribution in [3.8, 4) is 0 Å². The van der Waals surface area contributed by atoms with Gasteiger partial charge in [0.05, 0.1) is 12.1 Å². The van der Waals surface area contributed by atoms with Crippen LogP contribution in [0.1, 0.15) is 25.5 Å². The Morgan fingerprint density at radius 1 is 1.48 bits per heavy atom. The van der Waals surface area contributed by atoms with Gasteiger partial charge in [0.1, 0.15) is 0 Å². The fourth-order valence-corrected chi connectivity index (χ4v) is 3.60. The van der Waals surface area contributed by atoms with Gasteiger partial charge >= 0.3 is 0 Å². The number of H-pyrrole nitrogens is 1. The topological polar surface area (TPSA) is 95.2 Å². The largest absolute Gasteiger partial charge is 0.355 e. The lowest BCUT2D eigenvalue weighted by Crippen LogP contribution is -2.43. The molecule has 0 saturated carbocycles. The zero-order chi connectivity index (χ0) is 15.3. The van der Waals surface area contributed by atoms with Crippen molar-refractivity contribution in [2.24, 2.45) is 5.92 Å². The number of piperidine rings is 1. The highest BCUT2D eigenvalue weighted by Gasteiger charge is 2.29. The van der Waals surface area contributed by atoms with E-state index in [4.69, 9.17) is 0 Å². The van der Waals surface area contributed by atoms with Gasteiger partial charge in [-0.2, -0.15) is 0 Å². The Morgan fingerprint density at radius 2 is 2.19 bits per heavy atom. The van der Waals surface area contributed by atoms with E-state index < -0.39 is 10.0 Å². The van der Waals surface area contributed by atoms with Crippen molar-refractivity contribution in [3.63, 3.8) is 0 Å². The van der Waals surface area contributed by atoms with Crippen molar-refractivity contribution in [2.75, 3.05) is 25.4 Å². The molecule has 2 rings (SSSR count). The number of nitrogens with one attached hydrogen (secondary N) is 2. The third-order valence-electron chi connectivity index (χ3n) is 3.83. The maximum Gasteiger partial charge on any atom is 0.223 e. The van der Waals surface area contributed by atoms with E-state index in [0.717, 1.165) is 12.1 Å². The van der Waals surface area contributed by atoms with E-state index in [1.165, 1.54) is 4.31 Å². The van der Waals surface area contributed by atoms with Gasteiger partial charge in [-0.15, -0.1) is 0 Å². The minimum atomic E-state index is -3.13. The predicted octanol–water partition coefficient (Wildman–Crippen LogP) is 0.130. The van der Waals surface area contributed by atoms with Crippen LogP contribution < -0.4 is 5.32 Å². The number of aromatic amines is 1. The Morgan fingerprint density at radius 3 is 2.76 bits per heavy atom. The monoisotopic (exact) mass is 314 g/mol. The molecule has 7 nitrogen and oxygen atoms in total. The van der Waals surface area contributed by atoms with E-state index in [1.807, 2.05) is 0 Å². The molecule has 1 aliphatic rings. The standard InChI is InChI=1S/C13H22N4O3S/c1-2-21(19,20)17-7-4-11(5-8-17)13(18)15-6-3-12-9-14-10-16-12/h9-11H,2-8H2,1H3,(H,14,16)(H,15,18). The van der Waals surface area contributed by atoms with Crippen LogP contribution in [0.15, 0.2) is 12.5 Å². The van der Waals surface area contributed by atoms with Crippen LogP contribution in [0.25, 0.3) is 0 Å². The van der Waals surface area contributed by atoms with Crippen LogP contribution in [-0.2, 0) is 21.2 Å². The minimum Gasteiger partial charge on any atom is -0.355 e. The molecule has 8 heteroatoms. The van der Waals surface area contributed by atoms with Crippen molar-refractivity contribution in [1.82, 2.24) is 19.6 Å². The molecule has 1 aliphatic heterocycles. The number of hydrogen-bond acceptors (Lipinski definition) is 4. The Bertz CT molecular complexity index is 548. The maximum atomic E-state index is 12.0. The molecule has 1 aromatic rings. The fraction of sp³-hybridized carbons (Fsp3) is 0.692. The van der Waals surface area contributed by atoms with Gasteiger partial charge in [0.2, 0.25) is 15.9 Å². The van der Waals surface area contributed by atoms with Gasteiger partial charge < -0.3 is 10.3 Å². The lowest BCUT2D eigenvalue weighted by Gasteiger charge is -2.30. The quantitative estimate of drug-likeness (QED) is 0.780. The number of carbonyl (C=O) groups excluding carboxylic acids is 1. The van der Waals surface area contributed by atoms with Crippen molar-refractivity contribution in [3.05, 3.63) is 18.2 Å². The summed E-state index contributed by atoms with van der Waals surface area (Å²) in [6, 6.07) is 0. The number of imidazole rings is 1. The first-order valence-corrected chi connectivity index (χ1v) is 8.86. The van der Waals surface area contributed by atoms with Gasteiger partial charge in [-0.25, -0.2) is 17.7 Å². The maximum absolute atomic E-state index is 12.0. The summed E-state index contributed by atoms with van der Waals surface area (Å²) < 4.78 is 25.0. The van der Waals surface area contributed by atoms with Gasteiger partial charge in [0.25, 0.3) is 0 Å². The molecular weight excluding hydrogens is 292 g/mol. The molecule has 1 fully saturated rings. The first-order valence-electron chi connectivity index (χ1n) is 7.25. The number of nitrogens with zero attached hydrogens (tertiary/aromatic N) is 2. The molecule has 21 heavy (non-hydrogen) atoms. The third-order valence-corrected chi connectivity index (χ3v) is 5.71. The second kappa shape index (κ2) is 7.04. The van der Waals surface area contributed by atoms with Crippen LogP contribution in [-0.4, -0.2) is 54.0 Å². The lowest BCUT2D eigenvalue weighted by molar-refractivity contribution is -0.126. The number of sulfonamides is 1. The van der Waals surface area contributed by atoms with Crippen molar-refractivity contribution < 1.29 is 13.2 Å². The van der Waals surface area contributed by atoms with E-state index in [1.54, 1.807) is 19.4 Å². The molecule has 0 unspecified atom stereocenters. The smallest absolute Gasteiger partial charge is 0.223 e. The average molecular weight is 314 g/mol. The molecule has 0 spiro atoms. The predicted molar refractivity (Wildman–Crippen MR) is 79.1 cm³/mol. The highest BCUT2D eigenvalue weighted by atomic mass is 32.2. The van der Waals surface area contributed by atoms with E-state index in [0.29, 0.717) is 32.5 Å². The first kappa shape index (κ1) is 16.0. The molecular formula is C13H22N4O3S. The highest BCUT2D eigenvalue weighted by Crippen LogP contribution is 2.19. The number of aromatic nitrogens is 2. The van der Waals surface area contributed by atoms with E-state index in [-0.39, 0.29) is 17.6 Å². The summed E-state index contributed by atoms with van der Waals surface area (Å²) in [6.45, 7) is 3.09. The van der Waals surface area contributed by atoms with Gasteiger partial charge in [-0.05, 0) is 19.8 Å².